The van der Waals surface area contributed by atoms with Crippen molar-refractivity contribution in [2.75, 3.05) is 5.32 Å². The van der Waals surface area contributed by atoms with Crippen LogP contribution in [0.25, 0.3) is 0 Å². The fourth-order valence-corrected chi connectivity index (χ4v) is 4.51. The molecule has 2 amide bonds. The van der Waals surface area contributed by atoms with Crippen LogP contribution in [0.1, 0.15) is 63.3 Å². The lowest BCUT2D eigenvalue weighted by atomic mass is 9.81. The average molecular weight is 580 g/mol. The lowest BCUT2D eigenvalue weighted by molar-refractivity contribution is -0.127. The molecule has 3 rings (SSSR count). The first kappa shape index (κ1) is 30.6. The monoisotopic (exact) mass is 579 g/mol. The van der Waals surface area contributed by atoms with Gasteiger partial charge in [-0.05, 0) is 32.1 Å². The van der Waals surface area contributed by atoms with Gasteiger partial charge in [0.1, 0.15) is 23.7 Å². The quantitative estimate of drug-likeness (QED) is 0.143. The number of aromatic nitrogens is 3. The third-order valence-corrected chi connectivity index (χ3v) is 6.50. The molecule has 4 N–H and O–H groups in total. The molecule has 2 atom stereocenters. The Bertz CT molecular complexity index is 1260. The SMILES string of the molecule is CCC(c1nocc1CC(F)(F)F)n1cc(NC(=O)[C@@H](NC(=O)/C(=N/O)C(C)=N)C2CCC(F)(F)CC2)c(F)n1. The van der Waals surface area contributed by atoms with Gasteiger partial charge in [-0.15, -0.1) is 5.10 Å². The van der Waals surface area contributed by atoms with Gasteiger partial charge < -0.3 is 25.8 Å². The Morgan fingerprint density at radius 1 is 1.32 bits per heavy atom. The highest BCUT2D eigenvalue weighted by Gasteiger charge is 2.41. The van der Waals surface area contributed by atoms with E-state index in [0.29, 0.717) is 0 Å². The molecule has 11 nitrogen and oxygen atoms in total. The summed E-state index contributed by atoms with van der Waals surface area (Å²) in [6.07, 6.45) is -5.42. The zero-order valence-electron chi connectivity index (χ0n) is 21.4. The molecule has 0 aliphatic heterocycles. The molecular formula is C23H27F6N7O4. The predicted octanol–water partition coefficient (Wildman–Crippen LogP) is 4.23. The molecule has 220 valence electrons. The van der Waals surface area contributed by atoms with Crippen LogP contribution in [-0.4, -0.2) is 61.5 Å². The molecule has 2 aromatic heterocycles. The van der Waals surface area contributed by atoms with Gasteiger partial charge in [0.15, 0.2) is 5.71 Å². The van der Waals surface area contributed by atoms with Crippen molar-refractivity contribution in [3.63, 3.8) is 0 Å². The molecule has 17 heteroatoms. The number of alkyl halides is 5. The molecule has 2 heterocycles. The van der Waals surface area contributed by atoms with E-state index in [1.165, 1.54) is 0 Å². The molecule has 1 aliphatic carbocycles. The number of oxime groups is 1. The van der Waals surface area contributed by atoms with E-state index in [2.05, 4.69) is 26.0 Å². The zero-order valence-corrected chi connectivity index (χ0v) is 21.4. The molecule has 2 aromatic rings. The number of hydrogen-bond donors (Lipinski definition) is 4. The van der Waals surface area contributed by atoms with Crippen LogP contribution in [0.4, 0.5) is 32.0 Å². The third kappa shape index (κ3) is 7.38. The maximum Gasteiger partial charge on any atom is 0.393 e. The lowest BCUT2D eigenvalue weighted by Gasteiger charge is -2.33. The minimum absolute atomic E-state index is 0.118. The maximum atomic E-state index is 14.8. The van der Waals surface area contributed by atoms with E-state index in [0.717, 1.165) is 24.1 Å². The van der Waals surface area contributed by atoms with Gasteiger partial charge in [-0.3, -0.25) is 14.3 Å². The normalized spacial score (nSPS) is 17.8. The second-order valence-corrected chi connectivity index (χ2v) is 9.46. The Hall–Kier alpha value is -3.92. The van der Waals surface area contributed by atoms with Gasteiger partial charge >= 0.3 is 6.18 Å². The van der Waals surface area contributed by atoms with Gasteiger partial charge in [0.25, 0.3) is 11.9 Å². The molecule has 1 saturated carbocycles. The Kier molecular flexibility index (Phi) is 9.25. The van der Waals surface area contributed by atoms with Crippen LogP contribution in [0, 0.1) is 17.3 Å². The Morgan fingerprint density at radius 3 is 2.52 bits per heavy atom. The standard InChI is InChI=1S/C23H27F6N7O4/c1-3-15(17-13(10-40-35-17)8-23(27,28)29)36-9-14(19(24)33-36)31-21(38)18(12-4-6-22(25,26)7-5-12)32-20(37)16(34-39)11(2)30/h9-10,12,15,18,30,39H,3-8H2,1-2H3,(H,31,38)(H,32,37)/b30-11?,34-16+/t15?,18-/m0/s1. The smallest absolute Gasteiger partial charge is 0.393 e. The first-order chi connectivity index (χ1) is 18.7. The lowest BCUT2D eigenvalue weighted by Crippen LogP contribution is -2.52. The zero-order chi connectivity index (χ0) is 29.8. The summed E-state index contributed by atoms with van der Waals surface area (Å²) in [7, 11) is 0. The number of hydrogen-bond acceptors (Lipinski definition) is 8. The largest absolute Gasteiger partial charge is 0.410 e. The maximum absolute atomic E-state index is 14.8. The van der Waals surface area contributed by atoms with Crippen LogP contribution in [0.2, 0.25) is 0 Å². The summed E-state index contributed by atoms with van der Waals surface area (Å²) in [4.78, 5) is 25.8. The van der Waals surface area contributed by atoms with Crippen LogP contribution >= 0.6 is 0 Å². The van der Waals surface area contributed by atoms with Gasteiger partial charge in [0, 0.05) is 18.4 Å². The van der Waals surface area contributed by atoms with Crippen molar-refractivity contribution in [2.45, 2.75) is 76.6 Å². The predicted molar refractivity (Wildman–Crippen MR) is 127 cm³/mol. The fourth-order valence-electron chi connectivity index (χ4n) is 4.51. The Morgan fingerprint density at radius 2 is 1.98 bits per heavy atom. The third-order valence-electron chi connectivity index (χ3n) is 6.50. The summed E-state index contributed by atoms with van der Waals surface area (Å²) in [6.45, 7) is 2.73. The molecule has 1 unspecified atom stereocenters. The van der Waals surface area contributed by atoms with Crippen molar-refractivity contribution >= 4 is 28.9 Å². The molecule has 0 bridgehead atoms. The minimum Gasteiger partial charge on any atom is -0.410 e. The van der Waals surface area contributed by atoms with Gasteiger partial charge in [0.05, 0.1) is 24.4 Å². The minimum atomic E-state index is -4.56. The molecule has 1 fully saturated rings. The van der Waals surface area contributed by atoms with Crippen molar-refractivity contribution in [1.29, 1.82) is 5.41 Å². The summed E-state index contributed by atoms with van der Waals surface area (Å²) in [5.41, 5.74) is -2.06. The highest BCUT2D eigenvalue weighted by atomic mass is 19.4. The van der Waals surface area contributed by atoms with Gasteiger partial charge in [-0.1, -0.05) is 17.2 Å². The van der Waals surface area contributed by atoms with Gasteiger partial charge in [-0.25, -0.2) is 8.78 Å². The molecule has 40 heavy (non-hydrogen) atoms. The number of halogens is 6. The van der Waals surface area contributed by atoms with Crippen molar-refractivity contribution in [2.24, 2.45) is 11.1 Å². The Labute approximate surface area is 223 Å². The summed E-state index contributed by atoms with van der Waals surface area (Å²) < 4.78 is 86.8. The van der Waals surface area contributed by atoms with E-state index in [1.54, 1.807) is 6.92 Å². The summed E-state index contributed by atoms with van der Waals surface area (Å²) in [6, 6.07) is -2.48. The first-order valence-corrected chi connectivity index (χ1v) is 12.2. The van der Waals surface area contributed by atoms with Crippen molar-refractivity contribution in [1.82, 2.24) is 20.3 Å². The second-order valence-electron chi connectivity index (χ2n) is 9.46. The van der Waals surface area contributed by atoms with E-state index in [-0.39, 0.29) is 30.5 Å². The number of nitrogens with zero attached hydrogens (tertiary/aromatic N) is 4. The van der Waals surface area contributed by atoms with Crippen LogP contribution < -0.4 is 10.6 Å². The van der Waals surface area contributed by atoms with Gasteiger partial charge in [0.2, 0.25) is 11.8 Å². The molecule has 1 aliphatic rings. The number of rotatable bonds is 10. The van der Waals surface area contributed by atoms with Crippen LogP contribution in [0.15, 0.2) is 22.1 Å². The number of carbonyl (C=O) groups excluding carboxylic acids is 2. The molecule has 0 spiro atoms. The first-order valence-electron chi connectivity index (χ1n) is 12.2. The average Bonchev–Trinajstić information content (AvgIpc) is 3.43. The van der Waals surface area contributed by atoms with Crippen molar-refractivity contribution < 1.29 is 45.7 Å². The van der Waals surface area contributed by atoms with E-state index in [1.807, 2.05) is 0 Å². The fraction of sp³-hybridized carbons (Fsp3) is 0.565. The summed E-state index contributed by atoms with van der Waals surface area (Å²) in [5.74, 6) is -7.11. The van der Waals surface area contributed by atoms with Crippen LogP contribution in [0.3, 0.4) is 0 Å². The summed E-state index contributed by atoms with van der Waals surface area (Å²) in [5, 5.41) is 31.1. The molecule has 0 saturated heterocycles. The van der Waals surface area contributed by atoms with E-state index in [4.69, 9.17) is 15.1 Å². The Balaban J connectivity index is 1.86. The number of anilines is 1. The topological polar surface area (TPSA) is 158 Å². The highest BCUT2D eigenvalue weighted by molar-refractivity contribution is 6.65. The van der Waals surface area contributed by atoms with Crippen LogP contribution in [-0.2, 0) is 16.0 Å². The molecular weight excluding hydrogens is 552 g/mol. The second kappa shape index (κ2) is 12.1. The molecule has 0 aromatic carbocycles. The van der Waals surface area contributed by atoms with Crippen LogP contribution in [0.5, 0.6) is 0 Å². The number of carbonyl (C=O) groups is 2. The van der Waals surface area contributed by atoms with Crippen molar-refractivity contribution in [3.05, 3.63) is 29.7 Å². The molecule has 0 radical (unpaired) electrons. The van der Waals surface area contributed by atoms with E-state index < -0.39 is 84.2 Å². The van der Waals surface area contributed by atoms with Gasteiger partial charge in [-0.2, -0.15) is 17.6 Å². The van der Waals surface area contributed by atoms with E-state index in [9.17, 15) is 35.9 Å². The van der Waals surface area contributed by atoms with E-state index >= 15 is 0 Å². The highest BCUT2D eigenvalue weighted by Crippen LogP contribution is 2.38. The van der Waals surface area contributed by atoms with Crippen molar-refractivity contribution in [3.8, 4) is 0 Å². The number of nitrogens with one attached hydrogen (secondary N) is 3. The summed E-state index contributed by atoms with van der Waals surface area (Å²) >= 11 is 0. The number of amides is 2.